The Hall–Kier alpha value is -3.42. The van der Waals surface area contributed by atoms with Gasteiger partial charge in [-0.25, -0.2) is 19.2 Å². The lowest BCUT2D eigenvalue weighted by Gasteiger charge is -2.04. The minimum Gasteiger partial charge on any atom is -0.401 e. The third kappa shape index (κ3) is 2.24. The first-order valence-corrected chi connectivity index (χ1v) is 7.06. The van der Waals surface area contributed by atoms with Crippen LogP contribution in [0.15, 0.2) is 52.2 Å². The highest BCUT2D eigenvalue weighted by molar-refractivity contribution is 5.81. The van der Waals surface area contributed by atoms with Crippen molar-refractivity contribution in [1.82, 2.24) is 24.7 Å². The van der Waals surface area contributed by atoms with Crippen LogP contribution in [0.3, 0.4) is 0 Å². The van der Waals surface area contributed by atoms with Gasteiger partial charge in [0.05, 0.1) is 10.9 Å². The molecule has 0 atom stereocenters. The van der Waals surface area contributed by atoms with E-state index in [-0.39, 0.29) is 16.8 Å². The highest BCUT2D eigenvalue weighted by Gasteiger charge is 2.14. The highest BCUT2D eigenvalue weighted by Crippen LogP contribution is 2.20. The van der Waals surface area contributed by atoms with Crippen molar-refractivity contribution in [1.29, 1.82) is 0 Å². The van der Waals surface area contributed by atoms with Gasteiger partial charge in [0.15, 0.2) is 5.82 Å². The zero-order valence-electron chi connectivity index (χ0n) is 12.5. The van der Waals surface area contributed by atoms with Gasteiger partial charge in [-0.3, -0.25) is 4.57 Å². The number of aryl methyl sites for hydroxylation is 1. The molecule has 0 radical (unpaired) electrons. The van der Waals surface area contributed by atoms with E-state index in [0.717, 1.165) is 0 Å². The van der Waals surface area contributed by atoms with Crippen molar-refractivity contribution in [2.75, 3.05) is 0 Å². The van der Waals surface area contributed by atoms with Crippen LogP contribution in [0.4, 0.5) is 4.39 Å². The molecule has 24 heavy (non-hydrogen) atoms. The molecular formula is C16H10FN5O2. The summed E-state index contributed by atoms with van der Waals surface area (Å²) in [5.41, 5.74) is 0.204. The maximum Gasteiger partial charge on any atom is 0.347 e. The molecule has 3 heterocycles. The van der Waals surface area contributed by atoms with Crippen LogP contribution in [0.1, 0.15) is 5.56 Å². The molecule has 0 aliphatic rings. The van der Waals surface area contributed by atoms with Crippen LogP contribution in [0.2, 0.25) is 0 Å². The number of benzene rings is 1. The zero-order chi connectivity index (χ0) is 16.7. The lowest BCUT2D eigenvalue weighted by molar-refractivity contribution is 0.513. The van der Waals surface area contributed by atoms with E-state index in [1.165, 1.54) is 19.1 Å². The minimum atomic E-state index is -0.660. The molecule has 4 aromatic rings. The summed E-state index contributed by atoms with van der Waals surface area (Å²) in [6.45, 7) is 1.51. The van der Waals surface area contributed by atoms with E-state index in [1.807, 2.05) is 0 Å². The monoisotopic (exact) mass is 323 g/mol. The molecule has 0 bridgehead atoms. The van der Waals surface area contributed by atoms with Crippen LogP contribution in [0.25, 0.3) is 28.3 Å². The minimum absolute atomic E-state index is 0.0307. The largest absolute Gasteiger partial charge is 0.401 e. The van der Waals surface area contributed by atoms with Gasteiger partial charge in [0.1, 0.15) is 17.8 Å². The summed E-state index contributed by atoms with van der Waals surface area (Å²) in [5, 5.41) is 8.20. The summed E-state index contributed by atoms with van der Waals surface area (Å²) in [6, 6.07) is 6.04. The average molecular weight is 323 g/mol. The van der Waals surface area contributed by atoms with E-state index in [0.29, 0.717) is 17.0 Å². The molecular weight excluding hydrogens is 313 g/mol. The Labute approximate surface area is 134 Å². The highest BCUT2D eigenvalue weighted by atomic mass is 19.1. The van der Waals surface area contributed by atoms with Gasteiger partial charge in [-0.05, 0) is 31.2 Å². The summed E-state index contributed by atoms with van der Waals surface area (Å²) in [5.74, 6) is 0.120. The van der Waals surface area contributed by atoms with Crippen molar-refractivity contribution in [3.8, 4) is 17.4 Å². The molecule has 0 aliphatic carbocycles. The van der Waals surface area contributed by atoms with Crippen LogP contribution in [0.5, 0.6) is 0 Å². The standard InChI is InChI=1S/C16H10FN5O2/c1-9-10(17)2-3-11-14(9)16(23)24-15(19-11)12-4-5-13(21-20-12)22-7-6-18-8-22/h2-8H,1H3. The van der Waals surface area contributed by atoms with Crippen molar-refractivity contribution in [2.24, 2.45) is 0 Å². The predicted octanol–water partition coefficient (Wildman–Crippen LogP) is 2.28. The first-order valence-electron chi connectivity index (χ1n) is 7.06. The molecule has 3 aromatic heterocycles. The van der Waals surface area contributed by atoms with Gasteiger partial charge in [-0.2, -0.15) is 0 Å². The van der Waals surface area contributed by atoms with Crippen molar-refractivity contribution < 1.29 is 8.81 Å². The second kappa shape index (κ2) is 5.34. The van der Waals surface area contributed by atoms with E-state index in [9.17, 15) is 9.18 Å². The van der Waals surface area contributed by atoms with E-state index < -0.39 is 11.4 Å². The van der Waals surface area contributed by atoms with Crippen molar-refractivity contribution in [3.63, 3.8) is 0 Å². The molecule has 0 saturated heterocycles. The third-order valence-electron chi connectivity index (χ3n) is 3.63. The molecule has 0 spiro atoms. The molecule has 0 aliphatic heterocycles. The Morgan fingerprint density at radius 3 is 2.75 bits per heavy atom. The normalized spacial score (nSPS) is 11.1. The Morgan fingerprint density at radius 1 is 1.17 bits per heavy atom. The Morgan fingerprint density at radius 2 is 2.04 bits per heavy atom. The number of hydrogen-bond acceptors (Lipinski definition) is 6. The first-order chi connectivity index (χ1) is 11.6. The molecule has 8 heteroatoms. The van der Waals surface area contributed by atoms with Gasteiger partial charge >= 0.3 is 5.63 Å². The number of nitrogens with zero attached hydrogens (tertiary/aromatic N) is 5. The van der Waals surface area contributed by atoms with Gasteiger partial charge in [-0.15, -0.1) is 10.2 Å². The van der Waals surface area contributed by atoms with Gasteiger partial charge in [-0.1, -0.05) is 0 Å². The zero-order valence-corrected chi connectivity index (χ0v) is 12.5. The predicted molar refractivity (Wildman–Crippen MR) is 83.1 cm³/mol. The van der Waals surface area contributed by atoms with Gasteiger partial charge in [0.25, 0.3) is 5.89 Å². The second-order valence-corrected chi connectivity index (χ2v) is 5.12. The lowest BCUT2D eigenvalue weighted by atomic mass is 10.1. The Kier molecular flexibility index (Phi) is 3.16. The SMILES string of the molecule is Cc1c(F)ccc2nc(-c3ccc(-n4ccnc4)nn3)oc(=O)c12. The molecule has 0 unspecified atom stereocenters. The number of hydrogen-bond donors (Lipinski definition) is 0. The lowest BCUT2D eigenvalue weighted by Crippen LogP contribution is -2.07. The quantitative estimate of drug-likeness (QED) is 0.562. The number of imidazole rings is 1. The topological polar surface area (TPSA) is 86.7 Å². The summed E-state index contributed by atoms with van der Waals surface area (Å²) in [6.07, 6.45) is 4.95. The van der Waals surface area contributed by atoms with E-state index in [2.05, 4.69) is 20.2 Å². The van der Waals surface area contributed by atoms with Crippen LogP contribution >= 0.6 is 0 Å². The van der Waals surface area contributed by atoms with E-state index in [1.54, 1.807) is 35.4 Å². The number of aromatic nitrogens is 5. The van der Waals surface area contributed by atoms with Crippen LogP contribution in [-0.2, 0) is 0 Å². The summed E-state index contributed by atoms with van der Waals surface area (Å²) >= 11 is 0. The maximum atomic E-state index is 13.6. The number of halogens is 1. The van der Waals surface area contributed by atoms with Gasteiger partial charge in [0.2, 0.25) is 0 Å². The fraction of sp³-hybridized carbons (Fsp3) is 0.0625. The fourth-order valence-corrected chi connectivity index (χ4v) is 2.38. The Bertz CT molecular complexity index is 1090. The number of rotatable bonds is 2. The first kappa shape index (κ1) is 14.2. The molecule has 0 saturated carbocycles. The Balaban J connectivity index is 1.82. The van der Waals surface area contributed by atoms with E-state index >= 15 is 0 Å². The summed E-state index contributed by atoms with van der Waals surface area (Å²) in [7, 11) is 0. The molecule has 118 valence electrons. The maximum absolute atomic E-state index is 13.6. The van der Waals surface area contributed by atoms with Crippen LogP contribution in [-0.4, -0.2) is 24.7 Å². The van der Waals surface area contributed by atoms with Crippen LogP contribution < -0.4 is 5.63 Å². The van der Waals surface area contributed by atoms with Crippen LogP contribution in [0, 0.1) is 12.7 Å². The fourth-order valence-electron chi connectivity index (χ4n) is 2.38. The van der Waals surface area contributed by atoms with Gasteiger partial charge in [0, 0.05) is 18.0 Å². The molecule has 0 N–H and O–H groups in total. The summed E-state index contributed by atoms with van der Waals surface area (Å²) < 4.78 is 20.5. The number of fused-ring (bicyclic) bond motifs is 1. The molecule has 4 rings (SSSR count). The van der Waals surface area contributed by atoms with Crippen molar-refractivity contribution in [2.45, 2.75) is 6.92 Å². The third-order valence-corrected chi connectivity index (χ3v) is 3.63. The van der Waals surface area contributed by atoms with E-state index in [4.69, 9.17) is 4.42 Å². The van der Waals surface area contributed by atoms with Gasteiger partial charge < -0.3 is 4.42 Å². The summed E-state index contributed by atoms with van der Waals surface area (Å²) in [4.78, 5) is 20.3. The van der Waals surface area contributed by atoms with Crippen molar-refractivity contribution in [3.05, 3.63) is 64.8 Å². The molecule has 0 amide bonds. The smallest absolute Gasteiger partial charge is 0.347 e. The van der Waals surface area contributed by atoms with Crippen molar-refractivity contribution >= 4 is 10.9 Å². The average Bonchev–Trinajstić information content (AvgIpc) is 3.12. The molecule has 1 aromatic carbocycles. The molecule has 0 fully saturated rings. The molecule has 7 nitrogen and oxygen atoms in total. The second-order valence-electron chi connectivity index (χ2n) is 5.12.